The van der Waals surface area contributed by atoms with Crippen LogP contribution in [0.15, 0.2) is 36.4 Å². The Balaban J connectivity index is 2.87. The van der Waals surface area contributed by atoms with Crippen molar-refractivity contribution in [3.63, 3.8) is 0 Å². The lowest BCUT2D eigenvalue weighted by atomic mass is 10.0. The van der Waals surface area contributed by atoms with Gasteiger partial charge in [-0.05, 0) is 18.6 Å². The van der Waals surface area contributed by atoms with Gasteiger partial charge in [-0.1, -0.05) is 36.4 Å². The van der Waals surface area contributed by atoms with E-state index in [0.717, 1.165) is 0 Å². The molecule has 4 N–H and O–H groups in total. The van der Waals surface area contributed by atoms with Crippen molar-refractivity contribution in [3.8, 4) is 5.75 Å². The standard InChI is InChI=1S/C14H18O4/c1-2-4-13(17)14(18)8-7-10-5-3-6-12(16)11(10)9-15/h2-8,13-18H,9H2,1H3/t13-,14-/m0/s1. The fourth-order valence-electron chi connectivity index (χ4n) is 1.55. The van der Waals surface area contributed by atoms with E-state index in [0.29, 0.717) is 11.1 Å². The van der Waals surface area contributed by atoms with E-state index in [1.54, 1.807) is 31.2 Å². The topological polar surface area (TPSA) is 80.9 Å². The molecule has 98 valence electrons. The van der Waals surface area contributed by atoms with Crippen molar-refractivity contribution in [1.29, 1.82) is 0 Å². The average molecular weight is 250 g/mol. The zero-order chi connectivity index (χ0) is 13.5. The summed E-state index contributed by atoms with van der Waals surface area (Å²) in [6.45, 7) is 1.46. The molecule has 0 spiro atoms. The number of benzene rings is 1. The van der Waals surface area contributed by atoms with Crippen molar-refractivity contribution in [2.45, 2.75) is 25.7 Å². The maximum absolute atomic E-state index is 9.63. The first-order valence-electron chi connectivity index (χ1n) is 5.69. The van der Waals surface area contributed by atoms with Crippen LogP contribution in [0.4, 0.5) is 0 Å². The molecule has 0 heterocycles. The van der Waals surface area contributed by atoms with Crippen LogP contribution in [-0.2, 0) is 6.61 Å². The summed E-state index contributed by atoms with van der Waals surface area (Å²) in [6.07, 6.45) is 4.09. The molecule has 0 saturated heterocycles. The summed E-state index contributed by atoms with van der Waals surface area (Å²) < 4.78 is 0. The predicted molar refractivity (Wildman–Crippen MR) is 69.9 cm³/mol. The smallest absolute Gasteiger partial charge is 0.121 e. The van der Waals surface area contributed by atoms with E-state index in [1.807, 2.05) is 0 Å². The second-order valence-corrected chi connectivity index (χ2v) is 3.87. The summed E-state index contributed by atoms with van der Waals surface area (Å²) in [4.78, 5) is 0. The van der Waals surface area contributed by atoms with E-state index in [4.69, 9.17) is 5.11 Å². The van der Waals surface area contributed by atoms with Crippen LogP contribution in [0, 0.1) is 0 Å². The van der Waals surface area contributed by atoms with E-state index in [-0.39, 0.29) is 12.4 Å². The van der Waals surface area contributed by atoms with Gasteiger partial charge in [-0.3, -0.25) is 0 Å². The molecule has 2 atom stereocenters. The summed E-state index contributed by atoms with van der Waals surface area (Å²) in [5.74, 6) is 0.00291. The van der Waals surface area contributed by atoms with Gasteiger partial charge < -0.3 is 20.4 Å². The molecule has 0 radical (unpaired) electrons. The summed E-state index contributed by atoms with van der Waals surface area (Å²) in [7, 11) is 0. The van der Waals surface area contributed by atoms with Crippen LogP contribution in [0.3, 0.4) is 0 Å². The van der Waals surface area contributed by atoms with E-state index < -0.39 is 12.2 Å². The molecule has 0 fully saturated rings. The summed E-state index contributed by atoms with van der Waals surface area (Å²) in [5, 5.41) is 37.8. The minimum atomic E-state index is -1.03. The molecule has 0 saturated carbocycles. The van der Waals surface area contributed by atoms with Crippen molar-refractivity contribution >= 4 is 6.08 Å². The van der Waals surface area contributed by atoms with Gasteiger partial charge in [0.1, 0.15) is 18.0 Å². The molecule has 0 aliphatic carbocycles. The highest BCUT2D eigenvalue weighted by Crippen LogP contribution is 2.22. The van der Waals surface area contributed by atoms with E-state index >= 15 is 0 Å². The molecule has 0 aliphatic rings. The molecule has 0 unspecified atom stereocenters. The average Bonchev–Trinajstić information content (AvgIpc) is 2.36. The molecule has 0 aliphatic heterocycles. The van der Waals surface area contributed by atoms with Crippen LogP contribution in [0.2, 0.25) is 0 Å². The van der Waals surface area contributed by atoms with Gasteiger partial charge in [-0.25, -0.2) is 0 Å². The number of hydrogen-bond acceptors (Lipinski definition) is 4. The van der Waals surface area contributed by atoms with Gasteiger partial charge in [-0.15, -0.1) is 0 Å². The summed E-state index contributed by atoms with van der Waals surface area (Å²) >= 11 is 0. The van der Waals surface area contributed by atoms with Crippen molar-refractivity contribution in [1.82, 2.24) is 0 Å². The maximum Gasteiger partial charge on any atom is 0.121 e. The SMILES string of the molecule is CC=C[C@H](O)[C@@H](O)C=Cc1cccc(O)c1CO. The van der Waals surface area contributed by atoms with Crippen molar-refractivity contribution in [3.05, 3.63) is 47.6 Å². The number of rotatable bonds is 5. The Morgan fingerprint density at radius 2 is 1.83 bits per heavy atom. The molecular formula is C14H18O4. The van der Waals surface area contributed by atoms with Gasteiger partial charge in [0.05, 0.1) is 6.61 Å². The Morgan fingerprint density at radius 1 is 1.17 bits per heavy atom. The molecule has 1 aromatic carbocycles. The minimum Gasteiger partial charge on any atom is -0.508 e. The first-order valence-corrected chi connectivity index (χ1v) is 5.69. The van der Waals surface area contributed by atoms with Gasteiger partial charge in [0, 0.05) is 5.56 Å². The Kier molecular flexibility index (Phi) is 5.58. The third kappa shape index (κ3) is 3.70. The molecule has 18 heavy (non-hydrogen) atoms. The molecule has 4 heteroatoms. The highest BCUT2D eigenvalue weighted by molar-refractivity contribution is 5.58. The van der Waals surface area contributed by atoms with Crippen molar-refractivity contribution < 1.29 is 20.4 Å². The van der Waals surface area contributed by atoms with Crippen LogP contribution >= 0.6 is 0 Å². The Bertz CT molecular complexity index is 437. The van der Waals surface area contributed by atoms with Crippen LogP contribution < -0.4 is 0 Å². The molecule has 4 nitrogen and oxygen atoms in total. The molecule has 0 bridgehead atoms. The van der Waals surface area contributed by atoms with E-state index in [9.17, 15) is 15.3 Å². The third-order valence-electron chi connectivity index (χ3n) is 2.56. The number of aliphatic hydroxyl groups is 3. The lowest BCUT2D eigenvalue weighted by molar-refractivity contribution is 0.0812. The van der Waals surface area contributed by atoms with Crippen molar-refractivity contribution in [2.75, 3.05) is 0 Å². The van der Waals surface area contributed by atoms with Crippen LogP contribution in [0.25, 0.3) is 6.08 Å². The fraction of sp³-hybridized carbons (Fsp3) is 0.286. The number of aliphatic hydroxyl groups excluding tert-OH is 3. The Morgan fingerprint density at radius 3 is 2.44 bits per heavy atom. The summed E-state index contributed by atoms with van der Waals surface area (Å²) in [5.41, 5.74) is 0.991. The van der Waals surface area contributed by atoms with E-state index in [1.165, 1.54) is 18.2 Å². The fourth-order valence-corrected chi connectivity index (χ4v) is 1.55. The highest BCUT2D eigenvalue weighted by Gasteiger charge is 2.09. The third-order valence-corrected chi connectivity index (χ3v) is 2.56. The molecule has 0 amide bonds. The van der Waals surface area contributed by atoms with Crippen LogP contribution in [0.5, 0.6) is 5.75 Å². The largest absolute Gasteiger partial charge is 0.508 e. The number of phenols is 1. The predicted octanol–water partition coefficient (Wildman–Crippen LogP) is 1.20. The minimum absolute atomic E-state index is 0.00291. The van der Waals surface area contributed by atoms with Gasteiger partial charge >= 0.3 is 0 Å². The van der Waals surface area contributed by atoms with Crippen LogP contribution in [-0.4, -0.2) is 32.6 Å². The lowest BCUT2D eigenvalue weighted by Crippen LogP contribution is -2.20. The second kappa shape index (κ2) is 6.96. The zero-order valence-electron chi connectivity index (χ0n) is 10.2. The van der Waals surface area contributed by atoms with Gasteiger partial charge in [0.25, 0.3) is 0 Å². The lowest BCUT2D eigenvalue weighted by Gasteiger charge is -2.10. The van der Waals surface area contributed by atoms with Crippen molar-refractivity contribution in [2.24, 2.45) is 0 Å². The maximum atomic E-state index is 9.63. The number of hydrogen-bond donors (Lipinski definition) is 4. The normalized spacial score (nSPS) is 15.3. The monoisotopic (exact) mass is 250 g/mol. The highest BCUT2D eigenvalue weighted by atomic mass is 16.3. The quantitative estimate of drug-likeness (QED) is 0.592. The van der Waals surface area contributed by atoms with Gasteiger partial charge in [0.15, 0.2) is 0 Å². The summed E-state index contributed by atoms with van der Waals surface area (Å²) in [6, 6.07) is 4.83. The van der Waals surface area contributed by atoms with Crippen LogP contribution in [0.1, 0.15) is 18.1 Å². The second-order valence-electron chi connectivity index (χ2n) is 3.87. The van der Waals surface area contributed by atoms with Gasteiger partial charge in [0.2, 0.25) is 0 Å². The number of aromatic hydroxyl groups is 1. The van der Waals surface area contributed by atoms with E-state index in [2.05, 4.69) is 0 Å². The molecule has 1 rings (SSSR count). The Hall–Kier alpha value is -1.62. The molecule has 0 aromatic heterocycles. The molecular weight excluding hydrogens is 232 g/mol. The Labute approximate surface area is 106 Å². The first-order chi connectivity index (χ1) is 8.60. The van der Waals surface area contributed by atoms with Gasteiger partial charge in [-0.2, -0.15) is 0 Å². The first kappa shape index (κ1) is 14.4. The zero-order valence-corrected chi connectivity index (χ0v) is 10.2. The molecule has 1 aromatic rings. The number of allylic oxidation sites excluding steroid dienone is 1.